The zero-order chi connectivity index (χ0) is 19.9. The summed E-state index contributed by atoms with van der Waals surface area (Å²) in [5, 5.41) is 17.6. The molecule has 0 radical (unpaired) electrons. The summed E-state index contributed by atoms with van der Waals surface area (Å²) in [6, 6.07) is 13.1. The Bertz CT molecular complexity index is 968. The van der Waals surface area contributed by atoms with Gasteiger partial charge in [-0.25, -0.2) is 4.68 Å². The highest BCUT2D eigenvalue weighted by atomic mass is 16.6. The van der Waals surface area contributed by atoms with Crippen LogP contribution in [-0.4, -0.2) is 40.9 Å². The second kappa shape index (κ2) is 8.67. The number of para-hydroxylation sites is 2. The molecule has 0 unspecified atom stereocenters. The van der Waals surface area contributed by atoms with E-state index in [0.29, 0.717) is 29.3 Å². The maximum atomic E-state index is 12.2. The summed E-state index contributed by atoms with van der Waals surface area (Å²) in [5.41, 5.74) is 0.976. The van der Waals surface area contributed by atoms with Crippen molar-refractivity contribution in [2.75, 3.05) is 20.3 Å². The molecule has 0 aliphatic rings. The quantitative estimate of drug-likeness (QED) is 0.364. The molecule has 1 heterocycles. The van der Waals surface area contributed by atoms with Crippen molar-refractivity contribution in [1.29, 1.82) is 0 Å². The number of ether oxygens (including phenoxy) is 2. The Morgan fingerprint density at radius 2 is 1.89 bits per heavy atom. The summed E-state index contributed by atoms with van der Waals surface area (Å²) < 4.78 is 12.3. The van der Waals surface area contributed by atoms with Gasteiger partial charge in [0.05, 0.1) is 36.0 Å². The largest absolute Gasteiger partial charge is 0.493 e. The number of carbonyl (C=O) groups excluding carboxylic acids is 1. The molecule has 0 fully saturated rings. The fourth-order valence-electron chi connectivity index (χ4n) is 2.47. The number of non-ortho nitro benzene ring substituents is 1. The number of nitro groups is 1. The average Bonchev–Trinajstić information content (AvgIpc) is 3.22. The molecule has 2 aromatic carbocycles. The van der Waals surface area contributed by atoms with Crippen molar-refractivity contribution in [1.82, 2.24) is 15.1 Å². The van der Waals surface area contributed by atoms with E-state index in [1.165, 1.54) is 23.0 Å². The van der Waals surface area contributed by atoms with E-state index in [1.807, 2.05) is 12.1 Å². The lowest BCUT2D eigenvalue weighted by Crippen LogP contribution is -2.27. The SMILES string of the molecule is COc1ccccc1OCCNC(=O)c1cnn(-c2ccc([N+](=O)[O-])cc2)c1. The van der Waals surface area contributed by atoms with Crippen LogP contribution >= 0.6 is 0 Å². The molecule has 0 spiro atoms. The fraction of sp³-hybridized carbons (Fsp3) is 0.158. The molecule has 0 saturated heterocycles. The maximum absolute atomic E-state index is 12.2. The van der Waals surface area contributed by atoms with E-state index in [0.717, 1.165) is 0 Å². The van der Waals surface area contributed by atoms with Crippen LogP contribution in [0.2, 0.25) is 0 Å². The summed E-state index contributed by atoms with van der Waals surface area (Å²) in [6.07, 6.45) is 2.98. The zero-order valence-corrected chi connectivity index (χ0v) is 15.1. The molecule has 3 aromatic rings. The Balaban J connectivity index is 1.53. The lowest BCUT2D eigenvalue weighted by atomic mass is 10.3. The molecule has 0 bridgehead atoms. The lowest BCUT2D eigenvalue weighted by molar-refractivity contribution is -0.384. The van der Waals surface area contributed by atoms with Crippen LogP contribution in [0.4, 0.5) is 5.69 Å². The molecule has 3 rings (SSSR count). The molecular weight excluding hydrogens is 364 g/mol. The second-order valence-corrected chi connectivity index (χ2v) is 5.70. The fourth-order valence-corrected chi connectivity index (χ4v) is 2.47. The first-order chi connectivity index (χ1) is 13.6. The first-order valence-corrected chi connectivity index (χ1v) is 8.42. The maximum Gasteiger partial charge on any atom is 0.269 e. The van der Waals surface area contributed by atoms with Crippen LogP contribution in [0.1, 0.15) is 10.4 Å². The van der Waals surface area contributed by atoms with Gasteiger partial charge < -0.3 is 14.8 Å². The summed E-state index contributed by atoms with van der Waals surface area (Å²) in [6.45, 7) is 0.586. The van der Waals surface area contributed by atoms with Crippen molar-refractivity contribution in [2.45, 2.75) is 0 Å². The lowest BCUT2D eigenvalue weighted by Gasteiger charge is -2.10. The van der Waals surface area contributed by atoms with Crippen molar-refractivity contribution in [3.8, 4) is 17.2 Å². The summed E-state index contributed by atoms with van der Waals surface area (Å²) >= 11 is 0. The second-order valence-electron chi connectivity index (χ2n) is 5.70. The van der Waals surface area contributed by atoms with E-state index in [4.69, 9.17) is 9.47 Å². The van der Waals surface area contributed by atoms with Crippen molar-refractivity contribution in [3.63, 3.8) is 0 Å². The summed E-state index contributed by atoms with van der Waals surface area (Å²) in [4.78, 5) is 22.5. The first kappa shape index (κ1) is 18.9. The third kappa shape index (κ3) is 4.44. The number of benzene rings is 2. The van der Waals surface area contributed by atoms with Gasteiger partial charge in [0.15, 0.2) is 11.5 Å². The molecule has 0 aliphatic carbocycles. The van der Waals surface area contributed by atoms with E-state index in [-0.39, 0.29) is 18.2 Å². The van der Waals surface area contributed by atoms with Gasteiger partial charge in [-0.15, -0.1) is 0 Å². The molecule has 9 heteroatoms. The predicted octanol–water partition coefficient (Wildman–Crippen LogP) is 2.60. The first-order valence-electron chi connectivity index (χ1n) is 8.42. The standard InChI is InChI=1S/C19H18N4O5/c1-27-17-4-2-3-5-18(17)28-11-10-20-19(24)14-12-21-22(13-14)15-6-8-16(9-7-15)23(25)26/h2-9,12-13H,10-11H2,1H3,(H,20,24). The minimum Gasteiger partial charge on any atom is -0.493 e. The average molecular weight is 382 g/mol. The number of carbonyl (C=O) groups is 1. The Hall–Kier alpha value is -3.88. The van der Waals surface area contributed by atoms with Crippen LogP contribution in [0.3, 0.4) is 0 Å². The Morgan fingerprint density at radius 1 is 1.18 bits per heavy atom. The molecule has 144 valence electrons. The number of aromatic nitrogens is 2. The van der Waals surface area contributed by atoms with Crippen LogP contribution in [0.25, 0.3) is 5.69 Å². The van der Waals surface area contributed by atoms with Gasteiger partial charge in [0.25, 0.3) is 11.6 Å². The van der Waals surface area contributed by atoms with Crippen LogP contribution in [0.5, 0.6) is 11.5 Å². The van der Waals surface area contributed by atoms with Crippen molar-refractivity contribution in [3.05, 3.63) is 76.6 Å². The highest BCUT2D eigenvalue weighted by molar-refractivity contribution is 5.93. The monoisotopic (exact) mass is 382 g/mol. The van der Waals surface area contributed by atoms with E-state index < -0.39 is 4.92 Å². The number of hydrogen-bond acceptors (Lipinski definition) is 6. The highest BCUT2D eigenvalue weighted by Crippen LogP contribution is 2.25. The predicted molar refractivity (Wildman–Crippen MR) is 101 cm³/mol. The number of methoxy groups -OCH3 is 1. The molecule has 0 aliphatic heterocycles. The number of nitrogens with one attached hydrogen (secondary N) is 1. The van der Waals surface area contributed by atoms with E-state index in [2.05, 4.69) is 10.4 Å². The van der Waals surface area contributed by atoms with Gasteiger partial charge in [0.2, 0.25) is 0 Å². The molecule has 9 nitrogen and oxygen atoms in total. The van der Waals surface area contributed by atoms with Gasteiger partial charge in [0.1, 0.15) is 6.61 Å². The smallest absolute Gasteiger partial charge is 0.269 e. The third-order valence-corrected chi connectivity index (χ3v) is 3.88. The van der Waals surface area contributed by atoms with Crippen molar-refractivity contribution < 1.29 is 19.2 Å². The number of rotatable bonds is 8. The van der Waals surface area contributed by atoms with Gasteiger partial charge in [-0.3, -0.25) is 14.9 Å². The van der Waals surface area contributed by atoms with Crippen LogP contribution < -0.4 is 14.8 Å². The Labute approximate surface area is 160 Å². The number of nitrogens with zero attached hydrogens (tertiary/aromatic N) is 3. The van der Waals surface area contributed by atoms with Crippen LogP contribution in [0, 0.1) is 10.1 Å². The van der Waals surface area contributed by atoms with Crippen LogP contribution in [0.15, 0.2) is 60.9 Å². The molecule has 28 heavy (non-hydrogen) atoms. The highest BCUT2D eigenvalue weighted by Gasteiger charge is 2.11. The van der Waals surface area contributed by atoms with Gasteiger partial charge >= 0.3 is 0 Å². The molecule has 1 N–H and O–H groups in total. The van der Waals surface area contributed by atoms with Gasteiger partial charge in [0, 0.05) is 18.3 Å². The summed E-state index contributed by atoms with van der Waals surface area (Å²) in [7, 11) is 1.56. The van der Waals surface area contributed by atoms with E-state index in [1.54, 1.807) is 37.6 Å². The van der Waals surface area contributed by atoms with Crippen molar-refractivity contribution >= 4 is 11.6 Å². The van der Waals surface area contributed by atoms with Crippen LogP contribution in [-0.2, 0) is 0 Å². The van der Waals surface area contributed by atoms with E-state index >= 15 is 0 Å². The minimum absolute atomic E-state index is 0.0103. The van der Waals surface area contributed by atoms with Gasteiger partial charge in [-0.05, 0) is 24.3 Å². The Morgan fingerprint density at radius 3 is 2.57 bits per heavy atom. The molecule has 0 atom stereocenters. The molecule has 1 aromatic heterocycles. The topological polar surface area (TPSA) is 109 Å². The minimum atomic E-state index is -0.473. The number of amides is 1. The van der Waals surface area contributed by atoms with Gasteiger partial charge in [-0.2, -0.15) is 5.10 Å². The van der Waals surface area contributed by atoms with E-state index in [9.17, 15) is 14.9 Å². The molecular formula is C19H18N4O5. The number of nitro benzene ring substituents is 1. The molecule has 0 saturated carbocycles. The Kier molecular flexibility index (Phi) is 5.85. The summed E-state index contributed by atoms with van der Waals surface area (Å²) in [5.74, 6) is 0.931. The number of hydrogen-bond donors (Lipinski definition) is 1. The third-order valence-electron chi connectivity index (χ3n) is 3.88. The zero-order valence-electron chi connectivity index (χ0n) is 15.1. The molecule has 1 amide bonds. The van der Waals surface area contributed by atoms with Gasteiger partial charge in [-0.1, -0.05) is 12.1 Å². The van der Waals surface area contributed by atoms with Crippen molar-refractivity contribution in [2.24, 2.45) is 0 Å². The normalized spacial score (nSPS) is 10.3.